The van der Waals surface area contributed by atoms with Gasteiger partial charge in [-0.05, 0) is 47.9 Å². The molecule has 3 rings (SSSR count). The van der Waals surface area contributed by atoms with Crippen molar-refractivity contribution in [2.75, 3.05) is 6.54 Å². The predicted octanol–water partition coefficient (Wildman–Crippen LogP) is 3.51. The molecule has 18 heavy (non-hydrogen) atoms. The molecule has 3 heteroatoms. The highest BCUT2D eigenvalue weighted by Crippen LogP contribution is 2.50. The van der Waals surface area contributed by atoms with E-state index in [4.69, 9.17) is 17.3 Å². The molecule has 0 bridgehead atoms. The average molecular weight is 260 g/mol. The molecule has 1 aliphatic rings. The van der Waals surface area contributed by atoms with Gasteiger partial charge in [-0.15, -0.1) is 0 Å². The highest BCUT2D eigenvalue weighted by atomic mass is 35.5. The van der Waals surface area contributed by atoms with Crippen molar-refractivity contribution in [3.8, 4) is 16.9 Å². The number of aromatic hydroxyl groups is 1. The second-order valence-corrected chi connectivity index (χ2v) is 5.04. The number of rotatable bonds is 2. The third kappa shape index (κ3) is 1.61. The summed E-state index contributed by atoms with van der Waals surface area (Å²) in [5.74, 6) is 0.571. The molecule has 0 amide bonds. The minimum Gasteiger partial charge on any atom is -0.507 e. The second kappa shape index (κ2) is 4.30. The third-order valence-electron chi connectivity index (χ3n) is 3.56. The van der Waals surface area contributed by atoms with E-state index in [-0.39, 0.29) is 5.92 Å². The molecule has 1 aliphatic carbocycles. The van der Waals surface area contributed by atoms with Crippen LogP contribution in [-0.2, 0) is 0 Å². The van der Waals surface area contributed by atoms with Gasteiger partial charge in [-0.25, -0.2) is 0 Å². The first-order valence-electron chi connectivity index (χ1n) is 6.04. The van der Waals surface area contributed by atoms with Gasteiger partial charge in [0.1, 0.15) is 5.75 Å². The van der Waals surface area contributed by atoms with Crippen molar-refractivity contribution < 1.29 is 5.11 Å². The Morgan fingerprint density at radius 3 is 2.78 bits per heavy atom. The minimum atomic E-state index is 0.241. The Bertz CT molecular complexity index is 609. The van der Waals surface area contributed by atoms with Crippen LogP contribution in [0.15, 0.2) is 36.4 Å². The Kier molecular flexibility index (Phi) is 2.77. The number of hydrogen-bond donors (Lipinski definition) is 2. The Morgan fingerprint density at radius 2 is 2.00 bits per heavy atom. The highest BCUT2D eigenvalue weighted by Gasteiger charge is 2.30. The number of halogens is 1. The molecule has 1 atom stereocenters. The maximum absolute atomic E-state index is 10.1. The number of hydrogen-bond acceptors (Lipinski definition) is 2. The second-order valence-electron chi connectivity index (χ2n) is 4.60. The standard InChI is InChI=1S/C15H14ClNO/c16-9-4-5-12-13(8-9)10(6-7-17)11-2-1-3-14(18)15(11)12/h1-5,8,10,18H,6-7,17H2. The zero-order chi connectivity index (χ0) is 12.7. The Balaban J connectivity index is 2.27. The molecule has 0 spiro atoms. The predicted molar refractivity (Wildman–Crippen MR) is 74.1 cm³/mol. The normalized spacial score (nSPS) is 16.4. The zero-order valence-corrected chi connectivity index (χ0v) is 10.6. The van der Waals surface area contributed by atoms with Crippen molar-refractivity contribution in [3.63, 3.8) is 0 Å². The summed E-state index contributed by atoms with van der Waals surface area (Å²) in [5.41, 5.74) is 10.0. The number of benzene rings is 2. The van der Waals surface area contributed by atoms with Crippen molar-refractivity contribution in [2.45, 2.75) is 12.3 Å². The summed E-state index contributed by atoms with van der Waals surface area (Å²) in [7, 11) is 0. The van der Waals surface area contributed by atoms with E-state index >= 15 is 0 Å². The molecule has 1 unspecified atom stereocenters. The van der Waals surface area contributed by atoms with Crippen molar-refractivity contribution in [2.24, 2.45) is 5.73 Å². The monoisotopic (exact) mass is 259 g/mol. The van der Waals surface area contributed by atoms with Gasteiger partial charge in [0.25, 0.3) is 0 Å². The smallest absolute Gasteiger partial charge is 0.123 e. The van der Waals surface area contributed by atoms with Crippen LogP contribution in [0.2, 0.25) is 5.02 Å². The molecule has 0 fully saturated rings. The molecule has 0 heterocycles. The molecular formula is C15H14ClNO. The van der Waals surface area contributed by atoms with Crippen molar-refractivity contribution in [3.05, 3.63) is 52.5 Å². The van der Waals surface area contributed by atoms with Crippen molar-refractivity contribution in [1.82, 2.24) is 0 Å². The molecule has 0 aromatic heterocycles. The largest absolute Gasteiger partial charge is 0.507 e. The van der Waals surface area contributed by atoms with Crippen LogP contribution >= 0.6 is 11.6 Å². The number of phenolic OH excluding ortho intramolecular Hbond substituents is 1. The van der Waals surface area contributed by atoms with E-state index in [2.05, 4.69) is 6.07 Å². The van der Waals surface area contributed by atoms with E-state index in [1.807, 2.05) is 24.3 Å². The lowest BCUT2D eigenvalue weighted by Crippen LogP contribution is -2.06. The van der Waals surface area contributed by atoms with E-state index < -0.39 is 0 Å². The van der Waals surface area contributed by atoms with Crippen LogP contribution in [0.25, 0.3) is 11.1 Å². The number of nitrogens with two attached hydrogens (primary N) is 1. The molecule has 0 aliphatic heterocycles. The fourth-order valence-electron chi connectivity index (χ4n) is 2.84. The first-order chi connectivity index (χ1) is 8.72. The van der Waals surface area contributed by atoms with Crippen molar-refractivity contribution in [1.29, 1.82) is 0 Å². The minimum absolute atomic E-state index is 0.241. The van der Waals surface area contributed by atoms with Crippen LogP contribution in [0.4, 0.5) is 0 Å². The van der Waals surface area contributed by atoms with E-state index in [9.17, 15) is 5.11 Å². The summed E-state index contributed by atoms with van der Waals surface area (Å²) in [4.78, 5) is 0. The van der Waals surface area contributed by atoms with Crippen LogP contribution < -0.4 is 5.73 Å². The summed E-state index contributed by atoms with van der Waals surface area (Å²) < 4.78 is 0. The molecule has 0 radical (unpaired) electrons. The Hall–Kier alpha value is -1.51. The van der Waals surface area contributed by atoms with Crippen LogP contribution in [0.3, 0.4) is 0 Å². The van der Waals surface area contributed by atoms with E-state index in [1.54, 1.807) is 6.07 Å². The van der Waals surface area contributed by atoms with Gasteiger partial charge in [0, 0.05) is 16.5 Å². The van der Waals surface area contributed by atoms with Gasteiger partial charge in [-0.3, -0.25) is 0 Å². The van der Waals surface area contributed by atoms with Crippen LogP contribution in [0.5, 0.6) is 5.75 Å². The summed E-state index contributed by atoms with van der Waals surface area (Å²) in [5, 5.41) is 10.8. The lowest BCUT2D eigenvalue weighted by Gasteiger charge is -2.12. The maximum Gasteiger partial charge on any atom is 0.123 e. The Labute approximate surface area is 111 Å². The third-order valence-corrected chi connectivity index (χ3v) is 3.80. The average Bonchev–Trinajstić information content (AvgIpc) is 2.66. The van der Waals surface area contributed by atoms with Gasteiger partial charge in [-0.2, -0.15) is 0 Å². The topological polar surface area (TPSA) is 46.2 Å². The zero-order valence-electron chi connectivity index (χ0n) is 9.86. The highest BCUT2D eigenvalue weighted by molar-refractivity contribution is 6.30. The lowest BCUT2D eigenvalue weighted by molar-refractivity contribution is 0.477. The van der Waals surface area contributed by atoms with E-state index in [1.165, 1.54) is 5.56 Å². The summed E-state index contributed by atoms with van der Waals surface area (Å²) in [6.07, 6.45) is 0.865. The molecule has 2 aromatic rings. The summed E-state index contributed by atoms with van der Waals surface area (Å²) in [6, 6.07) is 11.5. The van der Waals surface area contributed by atoms with Crippen molar-refractivity contribution >= 4 is 11.6 Å². The van der Waals surface area contributed by atoms with Crippen LogP contribution in [0.1, 0.15) is 23.5 Å². The van der Waals surface area contributed by atoms with E-state index in [0.29, 0.717) is 12.3 Å². The molecule has 0 saturated carbocycles. The van der Waals surface area contributed by atoms with Gasteiger partial charge in [-0.1, -0.05) is 29.8 Å². The number of fused-ring (bicyclic) bond motifs is 3. The van der Waals surface area contributed by atoms with E-state index in [0.717, 1.165) is 28.1 Å². The first kappa shape index (κ1) is 11.6. The maximum atomic E-state index is 10.1. The molecule has 3 N–H and O–H groups in total. The molecule has 92 valence electrons. The Morgan fingerprint density at radius 1 is 1.17 bits per heavy atom. The summed E-state index contributed by atoms with van der Waals surface area (Å²) in [6.45, 7) is 0.617. The van der Waals surface area contributed by atoms with Gasteiger partial charge in [0.15, 0.2) is 0 Å². The fraction of sp³-hybridized carbons (Fsp3) is 0.200. The SMILES string of the molecule is NCCC1c2cc(Cl)ccc2-c2c(O)cccc21. The van der Waals surface area contributed by atoms with Gasteiger partial charge in [0.2, 0.25) is 0 Å². The molecular weight excluding hydrogens is 246 g/mol. The molecule has 2 aromatic carbocycles. The lowest BCUT2D eigenvalue weighted by atomic mass is 9.94. The summed E-state index contributed by atoms with van der Waals surface area (Å²) >= 11 is 6.08. The molecule has 0 saturated heterocycles. The van der Waals surface area contributed by atoms with Gasteiger partial charge < -0.3 is 10.8 Å². The quantitative estimate of drug-likeness (QED) is 0.867. The van der Waals surface area contributed by atoms with Crippen LogP contribution in [0, 0.1) is 0 Å². The van der Waals surface area contributed by atoms with Crippen LogP contribution in [-0.4, -0.2) is 11.7 Å². The van der Waals surface area contributed by atoms with Gasteiger partial charge >= 0.3 is 0 Å². The first-order valence-corrected chi connectivity index (χ1v) is 6.42. The van der Waals surface area contributed by atoms with Gasteiger partial charge in [0.05, 0.1) is 0 Å². The fourth-order valence-corrected chi connectivity index (χ4v) is 3.02. The number of phenols is 1. The molecule has 2 nitrogen and oxygen atoms in total.